The van der Waals surface area contributed by atoms with Gasteiger partial charge >= 0.3 is 6.03 Å². The standard InChI is InChI=1S/C17H24N4O3/c1-12(22)20(11-15-5-3-9-24-15)10-14-7-6-13-4-2-8-19-16(13)21(14)17(18)23/h2,4,8,14-15H,3,5-7,9-11H2,1H3,(H2,18,23). The molecule has 2 unspecified atom stereocenters. The van der Waals surface area contributed by atoms with E-state index >= 15 is 0 Å². The largest absolute Gasteiger partial charge is 0.376 e. The molecule has 0 radical (unpaired) electrons. The first-order valence-electron chi connectivity index (χ1n) is 8.46. The fourth-order valence-corrected chi connectivity index (χ4v) is 3.54. The van der Waals surface area contributed by atoms with Crippen molar-refractivity contribution in [1.82, 2.24) is 9.88 Å². The number of ether oxygens (including phenoxy) is 1. The first-order valence-corrected chi connectivity index (χ1v) is 8.46. The van der Waals surface area contributed by atoms with Gasteiger partial charge in [0.1, 0.15) is 5.82 Å². The maximum atomic E-state index is 12.0. The quantitative estimate of drug-likeness (QED) is 0.900. The number of nitrogens with zero attached hydrogens (tertiary/aromatic N) is 3. The van der Waals surface area contributed by atoms with Gasteiger partial charge in [0.2, 0.25) is 5.91 Å². The molecule has 2 aliphatic heterocycles. The van der Waals surface area contributed by atoms with Gasteiger partial charge in [-0.2, -0.15) is 0 Å². The molecule has 3 rings (SSSR count). The lowest BCUT2D eigenvalue weighted by molar-refractivity contribution is -0.130. The van der Waals surface area contributed by atoms with Crippen molar-refractivity contribution >= 4 is 17.8 Å². The Kier molecular flexibility index (Phi) is 4.99. The minimum atomic E-state index is -0.528. The molecular weight excluding hydrogens is 308 g/mol. The van der Waals surface area contributed by atoms with Crippen LogP contribution in [-0.2, 0) is 16.0 Å². The third-order valence-electron chi connectivity index (χ3n) is 4.77. The minimum Gasteiger partial charge on any atom is -0.376 e. The van der Waals surface area contributed by atoms with E-state index in [1.807, 2.05) is 12.1 Å². The summed E-state index contributed by atoms with van der Waals surface area (Å²) in [7, 11) is 0. The molecule has 1 fully saturated rings. The van der Waals surface area contributed by atoms with Crippen molar-refractivity contribution < 1.29 is 14.3 Å². The highest BCUT2D eigenvalue weighted by molar-refractivity contribution is 5.91. The number of carbonyl (C=O) groups excluding carboxylic acids is 2. The number of aryl methyl sites for hydroxylation is 1. The molecule has 1 aromatic rings. The van der Waals surface area contributed by atoms with Gasteiger partial charge in [0.15, 0.2) is 0 Å². The molecule has 24 heavy (non-hydrogen) atoms. The Hall–Kier alpha value is -2.15. The second kappa shape index (κ2) is 7.17. The molecule has 0 bridgehead atoms. The second-order valence-corrected chi connectivity index (χ2v) is 6.45. The van der Waals surface area contributed by atoms with Crippen LogP contribution in [0.4, 0.5) is 10.6 Å². The summed E-state index contributed by atoms with van der Waals surface area (Å²) in [6.45, 7) is 3.32. The van der Waals surface area contributed by atoms with Crippen LogP contribution in [0, 0.1) is 0 Å². The number of hydrogen-bond acceptors (Lipinski definition) is 4. The molecule has 3 amide bonds. The Morgan fingerprint density at radius 3 is 2.92 bits per heavy atom. The first kappa shape index (κ1) is 16.7. The van der Waals surface area contributed by atoms with Crippen molar-refractivity contribution in [3.05, 3.63) is 23.9 Å². The summed E-state index contributed by atoms with van der Waals surface area (Å²) in [6.07, 6.45) is 5.33. The van der Waals surface area contributed by atoms with Crippen molar-refractivity contribution in [3.8, 4) is 0 Å². The number of fused-ring (bicyclic) bond motifs is 1. The third kappa shape index (κ3) is 3.51. The van der Waals surface area contributed by atoms with Crippen LogP contribution >= 0.6 is 0 Å². The molecule has 130 valence electrons. The third-order valence-corrected chi connectivity index (χ3v) is 4.77. The van der Waals surface area contributed by atoms with Crippen molar-refractivity contribution in [1.29, 1.82) is 0 Å². The van der Waals surface area contributed by atoms with E-state index in [2.05, 4.69) is 4.98 Å². The number of urea groups is 1. The fourth-order valence-electron chi connectivity index (χ4n) is 3.54. The minimum absolute atomic E-state index is 0.0123. The van der Waals surface area contributed by atoms with Crippen LogP contribution < -0.4 is 10.6 Å². The Labute approximate surface area is 141 Å². The van der Waals surface area contributed by atoms with Crippen LogP contribution in [0.1, 0.15) is 31.7 Å². The molecular formula is C17H24N4O3. The topological polar surface area (TPSA) is 88.8 Å². The summed E-state index contributed by atoms with van der Waals surface area (Å²) in [5.41, 5.74) is 6.62. The smallest absolute Gasteiger partial charge is 0.320 e. The van der Waals surface area contributed by atoms with Gasteiger partial charge in [-0.05, 0) is 37.3 Å². The van der Waals surface area contributed by atoms with Crippen molar-refractivity contribution in [2.24, 2.45) is 5.73 Å². The first-order chi connectivity index (χ1) is 11.6. The monoisotopic (exact) mass is 332 g/mol. The van der Waals surface area contributed by atoms with E-state index < -0.39 is 6.03 Å². The molecule has 0 aromatic carbocycles. The molecule has 2 N–H and O–H groups in total. The van der Waals surface area contributed by atoms with E-state index in [0.717, 1.165) is 37.9 Å². The van der Waals surface area contributed by atoms with E-state index in [1.165, 1.54) is 4.90 Å². The number of nitrogens with two attached hydrogens (primary N) is 1. The number of aromatic nitrogens is 1. The molecule has 7 heteroatoms. The zero-order valence-corrected chi connectivity index (χ0v) is 14.0. The maximum absolute atomic E-state index is 12.0. The average Bonchev–Trinajstić information content (AvgIpc) is 3.06. The van der Waals surface area contributed by atoms with Crippen LogP contribution in [0.5, 0.6) is 0 Å². The van der Waals surface area contributed by atoms with Gasteiger partial charge in [-0.3, -0.25) is 9.69 Å². The van der Waals surface area contributed by atoms with Gasteiger partial charge < -0.3 is 15.4 Å². The Bertz CT molecular complexity index is 616. The number of primary amides is 1. The summed E-state index contributed by atoms with van der Waals surface area (Å²) >= 11 is 0. The maximum Gasteiger partial charge on any atom is 0.320 e. The van der Waals surface area contributed by atoms with Crippen molar-refractivity contribution in [2.75, 3.05) is 24.6 Å². The average molecular weight is 332 g/mol. The highest BCUT2D eigenvalue weighted by Crippen LogP contribution is 2.29. The van der Waals surface area contributed by atoms with E-state index in [1.54, 1.807) is 18.0 Å². The molecule has 7 nitrogen and oxygen atoms in total. The molecule has 1 saturated heterocycles. The van der Waals surface area contributed by atoms with E-state index in [-0.39, 0.29) is 18.1 Å². The number of anilines is 1. The Balaban J connectivity index is 1.76. The van der Waals surface area contributed by atoms with Gasteiger partial charge in [-0.25, -0.2) is 9.78 Å². The normalized spacial score (nSPS) is 23.0. The highest BCUT2D eigenvalue weighted by Gasteiger charge is 2.33. The molecule has 2 aliphatic rings. The predicted molar refractivity (Wildman–Crippen MR) is 89.6 cm³/mol. The van der Waals surface area contributed by atoms with Gasteiger partial charge in [-0.1, -0.05) is 6.07 Å². The molecule has 1 aromatic heterocycles. The van der Waals surface area contributed by atoms with Crippen molar-refractivity contribution in [3.63, 3.8) is 0 Å². The Morgan fingerprint density at radius 1 is 1.42 bits per heavy atom. The number of carbonyl (C=O) groups is 2. The van der Waals surface area contributed by atoms with Gasteiger partial charge in [0.25, 0.3) is 0 Å². The lowest BCUT2D eigenvalue weighted by atomic mass is 9.98. The van der Waals surface area contributed by atoms with Crippen LogP contribution in [0.3, 0.4) is 0 Å². The highest BCUT2D eigenvalue weighted by atomic mass is 16.5. The summed E-state index contributed by atoms with van der Waals surface area (Å²) in [5.74, 6) is 0.601. The van der Waals surface area contributed by atoms with Gasteiger partial charge in [0.05, 0.1) is 12.1 Å². The summed E-state index contributed by atoms with van der Waals surface area (Å²) in [5, 5.41) is 0. The van der Waals surface area contributed by atoms with E-state index in [9.17, 15) is 9.59 Å². The molecule has 0 spiro atoms. The van der Waals surface area contributed by atoms with E-state index in [0.29, 0.717) is 18.9 Å². The summed E-state index contributed by atoms with van der Waals surface area (Å²) in [4.78, 5) is 31.7. The number of pyridine rings is 1. The van der Waals surface area contributed by atoms with Crippen LogP contribution in [-0.4, -0.2) is 53.7 Å². The summed E-state index contributed by atoms with van der Waals surface area (Å²) in [6, 6.07) is 3.14. The van der Waals surface area contributed by atoms with Gasteiger partial charge in [0, 0.05) is 32.8 Å². The van der Waals surface area contributed by atoms with Crippen LogP contribution in [0.2, 0.25) is 0 Å². The van der Waals surface area contributed by atoms with Crippen molar-refractivity contribution in [2.45, 2.75) is 44.8 Å². The lowest BCUT2D eigenvalue weighted by Crippen LogP contribution is -2.53. The second-order valence-electron chi connectivity index (χ2n) is 6.45. The van der Waals surface area contributed by atoms with Gasteiger partial charge in [-0.15, -0.1) is 0 Å². The zero-order valence-electron chi connectivity index (χ0n) is 14.0. The molecule has 3 heterocycles. The van der Waals surface area contributed by atoms with E-state index in [4.69, 9.17) is 10.5 Å². The Morgan fingerprint density at radius 2 is 2.25 bits per heavy atom. The number of hydrogen-bond donors (Lipinski definition) is 1. The molecule has 2 atom stereocenters. The van der Waals surface area contributed by atoms with Crippen LogP contribution in [0.15, 0.2) is 18.3 Å². The molecule has 0 saturated carbocycles. The predicted octanol–water partition coefficient (Wildman–Crippen LogP) is 1.31. The number of amides is 3. The lowest BCUT2D eigenvalue weighted by Gasteiger charge is -2.38. The zero-order chi connectivity index (χ0) is 17.1. The number of rotatable bonds is 4. The molecule has 0 aliphatic carbocycles. The fraction of sp³-hybridized carbons (Fsp3) is 0.588. The van der Waals surface area contributed by atoms with Crippen LogP contribution in [0.25, 0.3) is 0 Å². The SMILES string of the molecule is CC(=O)N(CC1CCCO1)CC1CCc2cccnc2N1C(N)=O. The summed E-state index contributed by atoms with van der Waals surface area (Å²) < 4.78 is 5.64.